The zero-order chi connectivity index (χ0) is 17.8. The second-order valence-corrected chi connectivity index (χ2v) is 5.36. The van der Waals surface area contributed by atoms with Crippen LogP contribution in [0.3, 0.4) is 0 Å². The molecule has 3 rings (SSSR count). The Morgan fingerprint density at radius 2 is 1.29 bits per heavy atom. The highest BCUT2D eigenvalue weighted by Gasteiger charge is 2.38. The van der Waals surface area contributed by atoms with E-state index >= 15 is 0 Å². The van der Waals surface area contributed by atoms with E-state index in [0.717, 1.165) is 6.07 Å². The Morgan fingerprint density at radius 3 is 1.83 bits per heavy atom. The fraction of sp³-hybridized carbons (Fsp3) is 0.176. The smallest absolute Gasteiger partial charge is 0.203 e. The molecule has 0 saturated heterocycles. The summed E-state index contributed by atoms with van der Waals surface area (Å²) in [4.78, 5) is 25.5. The van der Waals surface area contributed by atoms with Gasteiger partial charge in [0.05, 0.1) is 25.3 Å². The Morgan fingerprint density at radius 1 is 0.792 bits per heavy atom. The molecule has 24 heavy (non-hydrogen) atoms. The highest BCUT2D eigenvalue weighted by Crippen LogP contribution is 2.47. The number of hydrogen-bond donors (Lipinski definition) is 3. The van der Waals surface area contributed by atoms with Crippen molar-refractivity contribution in [3.8, 4) is 28.7 Å². The predicted molar refractivity (Wildman–Crippen MR) is 82.6 cm³/mol. The SMILES string of the molecule is COc1c(C)cc2c(c1O)C(=O)c1c(cc(O)c(OC)c1O)C2=O. The van der Waals surface area contributed by atoms with Crippen molar-refractivity contribution < 1.29 is 34.4 Å². The van der Waals surface area contributed by atoms with Crippen LogP contribution in [0, 0.1) is 6.92 Å². The fourth-order valence-corrected chi connectivity index (χ4v) is 2.97. The number of ether oxygens (including phenoxy) is 2. The fourth-order valence-electron chi connectivity index (χ4n) is 2.97. The van der Waals surface area contributed by atoms with Crippen molar-refractivity contribution >= 4 is 11.6 Å². The predicted octanol–water partition coefficient (Wildman–Crippen LogP) is 1.90. The van der Waals surface area contributed by atoms with Crippen molar-refractivity contribution in [3.05, 3.63) is 39.9 Å². The largest absolute Gasteiger partial charge is 0.504 e. The number of phenols is 3. The lowest BCUT2D eigenvalue weighted by Gasteiger charge is -2.22. The molecule has 7 nitrogen and oxygen atoms in total. The van der Waals surface area contributed by atoms with Crippen molar-refractivity contribution in [2.24, 2.45) is 0 Å². The maximum atomic E-state index is 12.8. The summed E-state index contributed by atoms with van der Waals surface area (Å²) in [5.41, 5.74) is -0.291. The number of fused-ring (bicyclic) bond motifs is 2. The number of rotatable bonds is 2. The molecular formula is C17H14O7. The first-order valence-corrected chi connectivity index (χ1v) is 6.96. The third-order valence-electron chi connectivity index (χ3n) is 4.03. The molecule has 0 spiro atoms. The number of benzene rings is 2. The van der Waals surface area contributed by atoms with E-state index in [4.69, 9.17) is 9.47 Å². The van der Waals surface area contributed by atoms with Crippen LogP contribution in [-0.2, 0) is 0 Å². The van der Waals surface area contributed by atoms with Gasteiger partial charge in [0.2, 0.25) is 11.5 Å². The van der Waals surface area contributed by atoms with Gasteiger partial charge in [-0.05, 0) is 24.6 Å². The molecule has 0 unspecified atom stereocenters. The van der Waals surface area contributed by atoms with E-state index in [2.05, 4.69) is 0 Å². The van der Waals surface area contributed by atoms with E-state index in [0.29, 0.717) is 5.56 Å². The maximum absolute atomic E-state index is 12.8. The third kappa shape index (κ3) is 1.84. The summed E-state index contributed by atoms with van der Waals surface area (Å²) in [5, 5.41) is 30.4. The number of carbonyl (C=O) groups is 2. The molecule has 0 amide bonds. The average Bonchev–Trinajstić information content (AvgIpc) is 2.52. The van der Waals surface area contributed by atoms with Crippen molar-refractivity contribution in [2.45, 2.75) is 6.92 Å². The molecule has 0 saturated carbocycles. The van der Waals surface area contributed by atoms with Crippen LogP contribution in [0.1, 0.15) is 37.4 Å². The average molecular weight is 330 g/mol. The van der Waals surface area contributed by atoms with Gasteiger partial charge in [0.25, 0.3) is 0 Å². The standard InChI is InChI=1S/C17H14O7/c1-6-4-7-10(14(21)16(6)23-2)13(20)11-8(12(7)19)5-9(18)17(24-3)15(11)22/h4-5,18,21-22H,1-3H3. The lowest BCUT2D eigenvalue weighted by Crippen LogP contribution is -2.22. The van der Waals surface area contributed by atoms with Crippen LogP contribution in [0.5, 0.6) is 28.7 Å². The normalized spacial score (nSPS) is 12.6. The van der Waals surface area contributed by atoms with Gasteiger partial charge in [0.15, 0.2) is 28.8 Å². The van der Waals surface area contributed by atoms with Gasteiger partial charge >= 0.3 is 0 Å². The molecule has 2 aromatic rings. The Kier molecular flexibility index (Phi) is 3.37. The first-order valence-electron chi connectivity index (χ1n) is 6.96. The monoisotopic (exact) mass is 330 g/mol. The summed E-state index contributed by atoms with van der Waals surface area (Å²) in [6.45, 7) is 1.62. The van der Waals surface area contributed by atoms with Crippen LogP contribution >= 0.6 is 0 Å². The molecule has 0 bridgehead atoms. The lowest BCUT2D eigenvalue weighted by molar-refractivity contribution is 0.0972. The van der Waals surface area contributed by atoms with E-state index in [1.165, 1.54) is 20.3 Å². The molecule has 0 radical (unpaired) electrons. The van der Waals surface area contributed by atoms with Crippen LogP contribution in [0.25, 0.3) is 0 Å². The molecule has 124 valence electrons. The Labute approximate surface area is 136 Å². The van der Waals surface area contributed by atoms with E-state index in [9.17, 15) is 24.9 Å². The van der Waals surface area contributed by atoms with Gasteiger partial charge < -0.3 is 24.8 Å². The van der Waals surface area contributed by atoms with Gasteiger partial charge in [0.1, 0.15) is 0 Å². The van der Waals surface area contributed by atoms with Gasteiger partial charge in [-0.15, -0.1) is 0 Å². The Balaban J connectivity index is 2.39. The molecule has 0 atom stereocenters. The summed E-state index contributed by atoms with van der Waals surface area (Å²) in [6, 6.07) is 2.49. The van der Waals surface area contributed by atoms with Gasteiger partial charge in [-0.25, -0.2) is 0 Å². The van der Waals surface area contributed by atoms with Gasteiger partial charge in [0, 0.05) is 11.1 Å². The molecule has 0 heterocycles. The summed E-state index contributed by atoms with van der Waals surface area (Å²) in [6.07, 6.45) is 0. The van der Waals surface area contributed by atoms with Crippen molar-refractivity contribution in [3.63, 3.8) is 0 Å². The maximum Gasteiger partial charge on any atom is 0.203 e. The number of ketones is 2. The molecule has 1 aliphatic carbocycles. The zero-order valence-corrected chi connectivity index (χ0v) is 13.1. The van der Waals surface area contributed by atoms with Crippen LogP contribution in [-0.4, -0.2) is 41.1 Å². The number of carbonyl (C=O) groups excluding carboxylic acids is 2. The molecule has 0 aromatic heterocycles. The molecule has 1 aliphatic rings. The van der Waals surface area contributed by atoms with E-state index in [1.54, 1.807) is 6.92 Å². The number of phenolic OH excluding ortho intramolecular Hbond substituents is 3. The van der Waals surface area contributed by atoms with Crippen LogP contribution in [0.15, 0.2) is 12.1 Å². The molecule has 3 N–H and O–H groups in total. The minimum absolute atomic E-state index is 0.0210. The summed E-state index contributed by atoms with van der Waals surface area (Å²) < 4.78 is 9.92. The second-order valence-electron chi connectivity index (χ2n) is 5.36. The second kappa shape index (κ2) is 5.16. The minimum atomic E-state index is -0.758. The molecular weight excluding hydrogens is 316 g/mol. The highest BCUT2D eigenvalue weighted by molar-refractivity contribution is 6.31. The Hall–Kier alpha value is -3.22. The highest BCUT2D eigenvalue weighted by atomic mass is 16.5. The molecule has 2 aromatic carbocycles. The number of methoxy groups -OCH3 is 2. The first-order chi connectivity index (χ1) is 11.3. The topological polar surface area (TPSA) is 113 Å². The first kappa shape index (κ1) is 15.7. The van der Waals surface area contributed by atoms with Gasteiger partial charge in [-0.2, -0.15) is 0 Å². The van der Waals surface area contributed by atoms with Crippen molar-refractivity contribution in [1.82, 2.24) is 0 Å². The lowest BCUT2D eigenvalue weighted by atomic mass is 9.81. The van der Waals surface area contributed by atoms with E-state index in [-0.39, 0.29) is 33.8 Å². The molecule has 0 aliphatic heterocycles. The van der Waals surface area contributed by atoms with E-state index < -0.39 is 28.8 Å². The summed E-state index contributed by atoms with van der Waals surface area (Å²) in [5.74, 6) is -3.20. The van der Waals surface area contributed by atoms with Crippen LogP contribution < -0.4 is 9.47 Å². The van der Waals surface area contributed by atoms with Crippen molar-refractivity contribution in [1.29, 1.82) is 0 Å². The Bertz CT molecular complexity index is 841. The number of aryl methyl sites for hydroxylation is 1. The molecule has 0 fully saturated rings. The number of aromatic hydroxyl groups is 3. The summed E-state index contributed by atoms with van der Waals surface area (Å²) >= 11 is 0. The van der Waals surface area contributed by atoms with Crippen LogP contribution in [0.2, 0.25) is 0 Å². The van der Waals surface area contributed by atoms with Crippen molar-refractivity contribution in [2.75, 3.05) is 14.2 Å². The van der Waals surface area contributed by atoms with E-state index in [1.807, 2.05) is 0 Å². The van der Waals surface area contributed by atoms with Gasteiger partial charge in [-0.3, -0.25) is 9.59 Å². The number of hydrogen-bond acceptors (Lipinski definition) is 7. The minimum Gasteiger partial charge on any atom is -0.504 e. The van der Waals surface area contributed by atoms with Crippen LogP contribution in [0.4, 0.5) is 0 Å². The quantitative estimate of drug-likeness (QED) is 0.657. The third-order valence-corrected chi connectivity index (χ3v) is 4.03. The zero-order valence-electron chi connectivity index (χ0n) is 13.1. The molecule has 7 heteroatoms. The van der Waals surface area contributed by atoms with Gasteiger partial charge in [-0.1, -0.05) is 0 Å². The summed E-state index contributed by atoms with van der Waals surface area (Å²) in [7, 11) is 2.53.